The molecule has 0 aliphatic carbocycles. The zero-order chi connectivity index (χ0) is 23.5. The van der Waals surface area contributed by atoms with Crippen LogP contribution in [0.2, 0.25) is 0 Å². The highest BCUT2D eigenvalue weighted by Crippen LogP contribution is 2.28. The lowest BCUT2D eigenvalue weighted by molar-refractivity contribution is -0.132. The zero-order valence-electron chi connectivity index (χ0n) is 18.7. The van der Waals surface area contributed by atoms with E-state index in [1.807, 2.05) is 29.6 Å². The van der Waals surface area contributed by atoms with Crippen LogP contribution in [0.15, 0.2) is 42.9 Å². The summed E-state index contributed by atoms with van der Waals surface area (Å²) in [6.07, 6.45) is 4.89. The molecule has 3 heterocycles. The topological polar surface area (TPSA) is 124 Å². The molecule has 33 heavy (non-hydrogen) atoms. The minimum absolute atomic E-state index is 0.0330. The van der Waals surface area contributed by atoms with Crippen LogP contribution in [0.5, 0.6) is 11.6 Å². The van der Waals surface area contributed by atoms with Crippen LogP contribution in [-0.2, 0) is 18.3 Å². The van der Waals surface area contributed by atoms with E-state index in [9.17, 15) is 14.7 Å². The highest BCUT2D eigenvalue weighted by atomic mass is 16.5. The number of aromatic hydroxyl groups is 1. The summed E-state index contributed by atoms with van der Waals surface area (Å²) in [6.45, 7) is 2.95. The van der Waals surface area contributed by atoms with Gasteiger partial charge in [-0.1, -0.05) is 12.1 Å². The first-order chi connectivity index (χ1) is 15.8. The van der Waals surface area contributed by atoms with Crippen molar-refractivity contribution in [2.24, 2.45) is 12.8 Å². The van der Waals surface area contributed by atoms with Crippen LogP contribution in [-0.4, -0.2) is 55.5 Å². The van der Waals surface area contributed by atoms with Gasteiger partial charge in [-0.3, -0.25) is 9.59 Å². The molecule has 2 aromatic heterocycles. The summed E-state index contributed by atoms with van der Waals surface area (Å²) in [4.78, 5) is 35.4. The van der Waals surface area contributed by atoms with Crippen LogP contribution in [0.3, 0.4) is 0 Å². The van der Waals surface area contributed by atoms with E-state index in [-0.39, 0.29) is 35.6 Å². The molecule has 172 valence electrons. The van der Waals surface area contributed by atoms with Crippen molar-refractivity contribution in [2.75, 3.05) is 13.1 Å². The van der Waals surface area contributed by atoms with Gasteiger partial charge in [0, 0.05) is 44.7 Å². The number of likely N-dealkylation sites (tertiary alicyclic amines) is 1. The summed E-state index contributed by atoms with van der Waals surface area (Å²) >= 11 is 0. The molecule has 0 bridgehead atoms. The number of carbonyl (C=O) groups is 2. The summed E-state index contributed by atoms with van der Waals surface area (Å²) in [5, 5.41) is 9.39. The lowest BCUT2D eigenvalue weighted by Crippen LogP contribution is -2.42. The molecule has 9 heteroatoms. The monoisotopic (exact) mass is 449 g/mol. The van der Waals surface area contributed by atoms with E-state index in [2.05, 4.69) is 9.97 Å². The number of amides is 2. The fourth-order valence-electron chi connectivity index (χ4n) is 3.94. The van der Waals surface area contributed by atoms with Gasteiger partial charge in [0.2, 0.25) is 11.8 Å². The van der Waals surface area contributed by atoms with Crippen LogP contribution >= 0.6 is 0 Å². The van der Waals surface area contributed by atoms with Gasteiger partial charge in [-0.2, -0.15) is 0 Å². The number of pyridine rings is 1. The standard InChI is InChI=1S/C24H27N5O4/c1-15-19(21-13-28(2)14-26-21)12-20(23(25)32)24(27-15)33-18-7-9-29(10-8-18)22(31)11-16-3-5-17(30)6-4-16/h3-6,12-14,18,30H,7-11H2,1-2H3,(H2,25,32). The molecule has 0 spiro atoms. The molecule has 1 fully saturated rings. The Labute approximate surface area is 191 Å². The van der Waals surface area contributed by atoms with Crippen LogP contribution in [0, 0.1) is 6.92 Å². The Balaban J connectivity index is 1.41. The lowest BCUT2D eigenvalue weighted by atomic mass is 10.1. The Morgan fingerprint density at radius 1 is 1.21 bits per heavy atom. The molecule has 3 aromatic rings. The third kappa shape index (κ3) is 5.14. The van der Waals surface area contributed by atoms with E-state index < -0.39 is 5.91 Å². The fraction of sp³-hybridized carbons (Fsp3) is 0.333. The number of aryl methyl sites for hydroxylation is 2. The second kappa shape index (κ2) is 9.32. The van der Waals surface area contributed by atoms with E-state index >= 15 is 0 Å². The number of aromatic nitrogens is 3. The van der Waals surface area contributed by atoms with Gasteiger partial charge in [0.1, 0.15) is 17.4 Å². The van der Waals surface area contributed by atoms with E-state index in [4.69, 9.17) is 10.5 Å². The van der Waals surface area contributed by atoms with Crippen molar-refractivity contribution in [1.82, 2.24) is 19.4 Å². The number of carbonyl (C=O) groups excluding carboxylic acids is 2. The number of nitrogens with zero attached hydrogens (tertiary/aromatic N) is 4. The molecule has 0 unspecified atom stereocenters. The van der Waals surface area contributed by atoms with Crippen molar-refractivity contribution in [3.8, 4) is 22.9 Å². The molecule has 3 N–H and O–H groups in total. The molecule has 2 amide bonds. The summed E-state index contributed by atoms with van der Waals surface area (Å²) in [7, 11) is 1.87. The lowest BCUT2D eigenvalue weighted by Gasteiger charge is -2.32. The molecule has 1 saturated heterocycles. The van der Waals surface area contributed by atoms with E-state index in [1.54, 1.807) is 36.7 Å². The number of piperidine rings is 1. The number of hydrogen-bond acceptors (Lipinski definition) is 6. The Morgan fingerprint density at radius 3 is 2.52 bits per heavy atom. The van der Waals surface area contributed by atoms with Gasteiger partial charge < -0.3 is 25.0 Å². The fourth-order valence-corrected chi connectivity index (χ4v) is 3.94. The average Bonchev–Trinajstić information content (AvgIpc) is 3.21. The maximum Gasteiger partial charge on any atom is 0.254 e. The van der Waals surface area contributed by atoms with Crippen LogP contribution in [0.1, 0.15) is 34.5 Å². The predicted molar refractivity (Wildman–Crippen MR) is 122 cm³/mol. The number of imidazole rings is 1. The maximum atomic E-state index is 12.6. The smallest absolute Gasteiger partial charge is 0.254 e. The normalized spacial score (nSPS) is 14.3. The van der Waals surface area contributed by atoms with Gasteiger partial charge in [0.15, 0.2) is 0 Å². The summed E-state index contributed by atoms with van der Waals surface area (Å²) in [5.41, 5.74) is 8.81. The number of hydrogen-bond donors (Lipinski definition) is 2. The number of ether oxygens (including phenoxy) is 1. The van der Waals surface area contributed by atoms with Gasteiger partial charge in [-0.15, -0.1) is 0 Å². The van der Waals surface area contributed by atoms with Gasteiger partial charge in [-0.25, -0.2) is 9.97 Å². The second-order valence-corrected chi connectivity index (χ2v) is 8.30. The van der Waals surface area contributed by atoms with Gasteiger partial charge in [-0.05, 0) is 30.7 Å². The van der Waals surface area contributed by atoms with Crippen molar-refractivity contribution in [1.29, 1.82) is 0 Å². The first-order valence-electron chi connectivity index (χ1n) is 10.8. The maximum absolute atomic E-state index is 12.6. The number of nitrogens with two attached hydrogens (primary N) is 1. The molecule has 4 rings (SSSR count). The first-order valence-corrected chi connectivity index (χ1v) is 10.8. The van der Waals surface area contributed by atoms with E-state index in [0.29, 0.717) is 37.3 Å². The Morgan fingerprint density at radius 2 is 1.91 bits per heavy atom. The largest absolute Gasteiger partial charge is 0.508 e. The first kappa shape index (κ1) is 22.3. The third-order valence-corrected chi connectivity index (χ3v) is 5.79. The molecular weight excluding hydrogens is 422 g/mol. The highest BCUT2D eigenvalue weighted by molar-refractivity contribution is 5.96. The number of rotatable bonds is 6. The van der Waals surface area contributed by atoms with Gasteiger partial charge >= 0.3 is 0 Å². The van der Waals surface area contributed by atoms with Crippen LogP contribution < -0.4 is 10.5 Å². The number of phenols is 1. The molecule has 1 aliphatic rings. The Hall–Kier alpha value is -3.88. The molecular formula is C24H27N5O4. The van der Waals surface area contributed by atoms with Crippen molar-refractivity contribution in [3.05, 3.63) is 59.7 Å². The summed E-state index contributed by atoms with van der Waals surface area (Å²) in [6, 6.07) is 8.33. The highest BCUT2D eigenvalue weighted by Gasteiger charge is 2.26. The SMILES string of the molecule is Cc1nc(OC2CCN(C(=O)Cc3ccc(O)cc3)CC2)c(C(N)=O)cc1-c1cn(C)cn1. The van der Waals surface area contributed by atoms with Gasteiger partial charge in [0.25, 0.3) is 5.91 Å². The number of phenolic OH excluding ortho intramolecular Hbond substituents is 1. The summed E-state index contributed by atoms with van der Waals surface area (Å²) < 4.78 is 7.90. The predicted octanol–water partition coefficient (Wildman–Crippen LogP) is 2.21. The minimum atomic E-state index is -0.615. The van der Waals surface area contributed by atoms with Crippen molar-refractivity contribution >= 4 is 11.8 Å². The molecule has 1 aliphatic heterocycles. The summed E-state index contributed by atoms with van der Waals surface area (Å²) in [5.74, 6) is -0.188. The second-order valence-electron chi connectivity index (χ2n) is 8.30. The van der Waals surface area contributed by atoms with Gasteiger partial charge in [0.05, 0.1) is 24.1 Å². The third-order valence-electron chi connectivity index (χ3n) is 5.79. The van der Waals surface area contributed by atoms with Crippen LogP contribution in [0.25, 0.3) is 11.3 Å². The van der Waals surface area contributed by atoms with Crippen molar-refractivity contribution in [3.63, 3.8) is 0 Å². The van der Waals surface area contributed by atoms with Crippen LogP contribution in [0.4, 0.5) is 0 Å². The molecule has 1 aromatic carbocycles. The molecule has 0 saturated carbocycles. The molecule has 9 nitrogen and oxygen atoms in total. The van der Waals surface area contributed by atoms with E-state index in [1.165, 1.54) is 0 Å². The zero-order valence-corrected chi connectivity index (χ0v) is 18.7. The molecule has 0 radical (unpaired) electrons. The average molecular weight is 450 g/mol. The quantitative estimate of drug-likeness (QED) is 0.595. The van der Waals surface area contributed by atoms with Crippen molar-refractivity contribution < 1.29 is 19.4 Å². The Bertz CT molecular complexity index is 1160. The van der Waals surface area contributed by atoms with E-state index in [0.717, 1.165) is 11.1 Å². The molecule has 0 atom stereocenters. The van der Waals surface area contributed by atoms with Crippen molar-refractivity contribution in [2.45, 2.75) is 32.3 Å². The number of benzene rings is 1. The Kier molecular flexibility index (Phi) is 6.30. The number of primary amides is 1. The minimum Gasteiger partial charge on any atom is -0.508 e.